The normalized spacial score (nSPS) is 16.6. The summed E-state index contributed by atoms with van der Waals surface area (Å²) in [6, 6.07) is 23.7. The molecule has 0 spiro atoms. The third kappa shape index (κ3) is 6.37. The van der Waals surface area contributed by atoms with Gasteiger partial charge in [0, 0.05) is 4.90 Å². The summed E-state index contributed by atoms with van der Waals surface area (Å²) in [5.74, 6) is 0.178. The van der Waals surface area contributed by atoms with E-state index < -0.39 is 11.2 Å². The summed E-state index contributed by atoms with van der Waals surface area (Å²) in [5.41, 5.74) is 4.14. The van der Waals surface area contributed by atoms with E-state index in [-0.39, 0.29) is 17.9 Å². The van der Waals surface area contributed by atoms with Crippen molar-refractivity contribution < 1.29 is 14.3 Å². The molecule has 0 saturated heterocycles. The lowest BCUT2D eigenvalue weighted by Gasteiger charge is -2.36. The van der Waals surface area contributed by atoms with E-state index in [1.165, 1.54) is 11.8 Å². The molecule has 3 aromatic carbocycles. The van der Waals surface area contributed by atoms with Gasteiger partial charge in [-0.2, -0.15) is 0 Å². The average molecular weight is 517 g/mol. The zero-order chi connectivity index (χ0) is 26.4. The molecule has 194 valence electrons. The second-order valence-electron chi connectivity index (χ2n) is 9.65. The van der Waals surface area contributed by atoms with E-state index in [2.05, 4.69) is 31.3 Å². The van der Waals surface area contributed by atoms with Gasteiger partial charge in [0.05, 0.1) is 30.8 Å². The first-order valence-electron chi connectivity index (χ1n) is 13.0. The van der Waals surface area contributed by atoms with Crippen LogP contribution in [0.3, 0.4) is 0 Å². The van der Waals surface area contributed by atoms with Crippen molar-refractivity contribution in [1.82, 2.24) is 5.32 Å². The summed E-state index contributed by atoms with van der Waals surface area (Å²) in [6.07, 6.45) is 2.12. The first-order valence-corrected chi connectivity index (χ1v) is 13.9. The Morgan fingerprint density at radius 3 is 2.46 bits per heavy atom. The van der Waals surface area contributed by atoms with Crippen LogP contribution in [0, 0.1) is 12.8 Å². The van der Waals surface area contributed by atoms with Crippen molar-refractivity contribution in [2.24, 2.45) is 5.92 Å². The van der Waals surface area contributed by atoms with Crippen LogP contribution in [0.1, 0.15) is 56.3 Å². The molecule has 3 atom stereocenters. The fourth-order valence-corrected chi connectivity index (χ4v) is 5.71. The number of fused-ring (bicyclic) bond motifs is 1. The number of hydrogen-bond donors (Lipinski definition) is 1. The second-order valence-corrected chi connectivity index (χ2v) is 10.8. The number of benzene rings is 3. The second kappa shape index (κ2) is 12.3. The number of thioether (sulfide) groups is 1. The molecule has 0 fully saturated rings. The van der Waals surface area contributed by atoms with Crippen LogP contribution in [0.2, 0.25) is 0 Å². The van der Waals surface area contributed by atoms with E-state index in [0.29, 0.717) is 13.2 Å². The predicted octanol–water partition coefficient (Wildman–Crippen LogP) is 6.69. The summed E-state index contributed by atoms with van der Waals surface area (Å²) in [6.45, 7) is 9.20. The lowest BCUT2D eigenvalue weighted by molar-refractivity contribution is -0.128. The maximum Gasteiger partial charge on any atom is 0.241 e. The lowest BCUT2D eigenvalue weighted by Crippen LogP contribution is -2.47. The van der Waals surface area contributed by atoms with E-state index in [1.807, 2.05) is 79.4 Å². The summed E-state index contributed by atoms with van der Waals surface area (Å²) >= 11 is 1.49. The van der Waals surface area contributed by atoms with Crippen molar-refractivity contribution in [2.45, 2.75) is 63.3 Å². The summed E-state index contributed by atoms with van der Waals surface area (Å²) < 4.78 is 5.75. The van der Waals surface area contributed by atoms with Crippen molar-refractivity contribution in [2.75, 3.05) is 11.5 Å². The highest BCUT2D eigenvalue weighted by Gasteiger charge is 2.39. The molecule has 0 aromatic heterocycles. The fraction of sp³-hybridized carbons (Fsp3) is 0.355. The highest BCUT2D eigenvalue weighted by molar-refractivity contribution is 8.01. The molecule has 0 saturated carbocycles. The Labute approximate surface area is 224 Å². The Balaban J connectivity index is 1.46. The van der Waals surface area contributed by atoms with Crippen LogP contribution in [-0.4, -0.2) is 23.7 Å². The Kier molecular flexibility index (Phi) is 8.93. The van der Waals surface area contributed by atoms with Gasteiger partial charge in [0.2, 0.25) is 11.8 Å². The Morgan fingerprint density at radius 1 is 1.03 bits per heavy atom. The van der Waals surface area contributed by atoms with Crippen LogP contribution < -0.4 is 15.0 Å². The molecule has 3 aromatic rings. The van der Waals surface area contributed by atoms with Gasteiger partial charge in [0.15, 0.2) is 0 Å². The van der Waals surface area contributed by atoms with Crippen molar-refractivity contribution in [3.8, 4) is 5.75 Å². The molecule has 1 aliphatic heterocycles. The molecule has 0 bridgehead atoms. The molecule has 0 unspecified atom stereocenters. The number of unbranched alkanes of at least 4 members (excludes halogenated alkanes) is 1. The van der Waals surface area contributed by atoms with Gasteiger partial charge in [0.25, 0.3) is 0 Å². The molecule has 0 aliphatic carbocycles. The van der Waals surface area contributed by atoms with Crippen LogP contribution in [0.4, 0.5) is 5.69 Å². The maximum atomic E-state index is 13.8. The van der Waals surface area contributed by atoms with Crippen molar-refractivity contribution in [3.63, 3.8) is 0 Å². The number of hydrogen-bond acceptors (Lipinski definition) is 4. The van der Waals surface area contributed by atoms with Gasteiger partial charge >= 0.3 is 0 Å². The van der Waals surface area contributed by atoms with Gasteiger partial charge < -0.3 is 15.0 Å². The van der Waals surface area contributed by atoms with Crippen LogP contribution in [-0.2, 0) is 16.1 Å². The minimum Gasteiger partial charge on any atom is -0.494 e. The number of carbonyl (C=O) groups is 2. The SMILES string of the molecule is CCCCOc1ccc([C@H](C)NC(=O)[C@@H](C)[C@@H]2Sc3ccccc3N(Cc3ccccc3C)C2=O)cc1. The summed E-state index contributed by atoms with van der Waals surface area (Å²) in [4.78, 5) is 29.9. The standard InChI is InChI=1S/C31H36N2O3S/c1-5-6-19-36-26-17-15-24(16-18-26)23(4)32-30(34)22(3)29-31(35)33(20-25-12-8-7-11-21(25)2)27-13-9-10-14-28(27)37-29/h7-18,22-23,29H,5-6,19-20H2,1-4H3,(H,32,34)/t22-,23-,29-/m0/s1. The zero-order valence-electron chi connectivity index (χ0n) is 22.1. The number of nitrogens with one attached hydrogen (secondary N) is 1. The van der Waals surface area contributed by atoms with Gasteiger partial charge in [-0.3, -0.25) is 9.59 Å². The molecule has 37 heavy (non-hydrogen) atoms. The van der Waals surface area contributed by atoms with Crippen molar-refractivity contribution in [3.05, 3.63) is 89.5 Å². The van der Waals surface area contributed by atoms with Crippen LogP contribution in [0.25, 0.3) is 0 Å². The van der Waals surface area contributed by atoms with Gasteiger partial charge in [-0.1, -0.05) is 68.8 Å². The molecule has 0 radical (unpaired) electrons. The van der Waals surface area contributed by atoms with E-state index in [1.54, 1.807) is 0 Å². The van der Waals surface area contributed by atoms with E-state index in [4.69, 9.17) is 4.74 Å². The largest absolute Gasteiger partial charge is 0.494 e. The summed E-state index contributed by atoms with van der Waals surface area (Å²) in [7, 11) is 0. The Hall–Kier alpha value is -3.25. The third-order valence-electron chi connectivity index (χ3n) is 6.88. The number of carbonyl (C=O) groups excluding carboxylic acids is 2. The smallest absolute Gasteiger partial charge is 0.241 e. The number of nitrogens with zero attached hydrogens (tertiary/aromatic N) is 1. The molecule has 5 nitrogen and oxygen atoms in total. The van der Waals surface area contributed by atoms with Crippen LogP contribution in [0.5, 0.6) is 5.75 Å². The highest BCUT2D eigenvalue weighted by atomic mass is 32.2. The topological polar surface area (TPSA) is 58.6 Å². The predicted molar refractivity (Wildman–Crippen MR) is 151 cm³/mol. The van der Waals surface area contributed by atoms with Gasteiger partial charge in [0.1, 0.15) is 11.0 Å². The van der Waals surface area contributed by atoms with Crippen molar-refractivity contribution in [1.29, 1.82) is 0 Å². The monoisotopic (exact) mass is 516 g/mol. The molecule has 1 aliphatic rings. The number of amides is 2. The van der Waals surface area contributed by atoms with E-state index in [0.717, 1.165) is 45.9 Å². The van der Waals surface area contributed by atoms with Gasteiger partial charge in [-0.15, -0.1) is 11.8 Å². The minimum atomic E-state index is -0.500. The molecule has 1 N–H and O–H groups in total. The van der Waals surface area contributed by atoms with E-state index >= 15 is 0 Å². The average Bonchev–Trinajstić information content (AvgIpc) is 2.91. The van der Waals surface area contributed by atoms with Crippen LogP contribution in [0.15, 0.2) is 77.7 Å². The maximum absolute atomic E-state index is 13.8. The first-order chi connectivity index (χ1) is 17.9. The van der Waals surface area contributed by atoms with Crippen LogP contribution >= 0.6 is 11.8 Å². The summed E-state index contributed by atoms with van der Waals surface area (Å²) in [5, 5.41) is 2.62. The Morgan fingerprint density at radius 2 is 1.73 bits per heavy atom. The van der Waals surface area contributed by atoms with Gasteiger partial charge in [-0.05, 0) is 61.2 Å². The third-order valence-corrected chi connectivity index (χ3v) is 8.35. The molecule has 2 amide bonds. The number of anilines is 1. The molecule has 4 rings (SSSR count). The lowest BCUT2D eigenvalue weighted by atomic mass is 10.0. The van der Waals surface area contributed by atoms with E-state index in [9.17, 15) is 9.59 Å². The minimum absolute atomic E-state index is 0.0316. The number of ether oxygens (including phenoxy) is 1. The number of rotatable bonds is 10. The van der Waals surface area contributed by atoms with Gasteiger partial charge in [-0.25, -0.2) is 0 Å². The fourth-order valence-electron chi connectivity index (χ4n) is 4.43. The quantitative estimate of drug-likeness (QED) is 0.305. The molecule has 6 heteroatoms. The zero-order valence-corrected chi connectivity index (χ0v) is 22.9. The number of aryl methyl sites for hydroxylation is 1. The molecular weight excluding hydrogens is 480 g/mol. The molecular formula is C31H36N2O3S. The number of para-hydroxylation sites is 1. The van der Waals surface area contributed by atoms with Crippen molar-refractivity contribution >= 4 is 29.3 Å². The first kappa shape index (κ1) is 26.8. The molecule has 1 heterocycles. The Bertz CT molecular complexity index is 1230. The highest BCUT2D eigenvalue weighted by Crippen LogP contribution is 2.42.